The van der Waals surface area contributed by atoms with Gasteiger partial charge in [-0.05, 0) is 47.9 Å². The fourth-order valence-corrected chi connectivity index (χ4v) is 3.22. The van der Waals surface area contributed by atoms with E-state index >= 15 is 0 Å². The van der Waals surface area contributed by atoms with Crippen molar-refractivity contribution in [3.63, 3.8) is 0 Å². The Kier molecular flexibility index (Phi) is 4.95. The number of hydrogen-bond acceptors (Lipinski definition) is 2. The van der Waals surface area contributed by atoms with E-state index in [9.17, 15) is 4.79 Å². The van der Waals surface area contributed by atoms with Gasteiger partial charge in [0.05, 0.1) is 11.6 Å². The van der Waals surface area contributed by atoms with Gasteiger partial charge in [-0.15, -0.1) is 0 Å². The number of benzene rings is 1. The van der Waals surface area contributed by atoms with Crippen molar-refractivity contribution in [1.29, 1.82) is 5.26 Å². The summed E-state index contributed by atoms with van der Waals surface area (Å²) < 4.78 is 0. The molecule has 3 unspecified atom stereocenters. The van der Waals surface area contributed by atoms with Crippen LogP contribution in [0.4, 0.5) is 0 Å². The van der Waals surface area contributed by atoms with Gasteiger partial charge in [-0.25, -0.2) is 0 Å². The van der Waals surface area contributed by atoms with Crippen LogP contribution in [0.5, 0.6) is 0 Å². The number of rotatable bonds is 6. The molecular weight excluding hydrogens is 246 g/mol. The Morgan fingerprint density at radius 2 is 2.30 bits per heavy atom. The number of aldehydes is 1. The van der Waals surface area contributed by atoms with E-state index in [-0.39, 0.29) is 5.92 Å². The summed E-state index contributed by atoms with van der Waals surface area (Å²) in [6.45, 7) is 4.52. The summed E-state index contributed by atoms with van der Waals surface area (Å²) in [4.78, 5) is 11.5. The first-order valence-electron chi connectivity index (χ1n) is 7.67. The maximum atomic E-state index is 11.5. The summed E-state index contributed by atoms with van der Waals surface area (Å²) in [5, 5.41) is 8.99. The first-order valence-corrected chi connectivity index (χ1v) is 7.67. The average molecular weight is 269 g/mol. The number of nitriles is 1. The van der Waals surface area contributed by atoms with Crippen LogP contribution in [0, 0.1) is 23.2 Å². The minimum absolute atomic E-state index is 0.00441. The molecule has 0 fully saturated rings. The van der Waals surface area contributed by atoms with Gasteiger partial charge in [0.2, 0.25) is 0 Å². The molecule has 0 aliphatic heterocycles. The molecule has 2 nitrogen and oxygen atoms in total. The lowest BCUT2D eigenvalue weighted by Gasteiger charge is -2.16. The third kappa shape index (κ3) is 3.10. The molecule has 1 aromatic carbocycles. The molecule has 106 valence electrons. The van der Waals surface area contributed by atoms with Crippen molar-refractivity contribution >= 4 is 6.29 Å². The van der Waals surface area contributed by atoms with Crippen molar-refractivity contribution in [2.75, 3.05) is 0 Å². The maximum absolute atomic E-state index is 11.5. The third-order valence-corrected chi connectivity index (χ3v) is 4.74. The molecule has 20 heavy (non-hydrogen) atoms. The zero-order valence-corrected chi connectivity index (χ0v) is 12.4. The first kappa shape index (κ1) is 14.8. The lowest BCUT2D eigenvalue weighted by atomic mass is 9.88. The second-order valence-electron chi connectivity index (χ2n) is 6.10. The van der Waals surface area contributed by atoms with E-state index in [4.69, 9.17) is 5.26 Å². The highest BCUT2D eigenvalue weighted by Gasteiger charge is 2.31. The molecule has 0 saturated heterocycles. The average Bonchev–Trinajstić information content (AvgIpc) is 2.83. The van der Waals surface area contributed by atoms with Gasteiger partial charge in [-0.1, -0.05) is 39.2 Å². The molecule has 0 bridgehead atoms. The van der Waals surface area contributed by atoms with Crippen molar-refractivity contribution in [3.8, 4) is 6.07 Å². The Bertz CT molecular complexity index is 515. The van der Waals surface area contributed by atoms with E-state index in [1.54, 1.807) is 0 Å². The van der Waals surface area contributed by atoms with Gasteiger partial charge in [0.25, 0.3) is 0 Å². The number of fused-ring (bicyclic) bond motifs is 1. The molecular formula is C18H23NO. The second-order valence-corrected chi connectivity index (χ2v) is 6.10. The van der Waals surface area contributed by atoms with Gasteiger partial charge in [0.1, 0.15) is 6.29 Å². The fourth-order valence-electron chi connectivity index (χ4n) is 3.22. The Hall–Kier alpha value is -1.62. The van der Waals surface area contributed by atoms with Crippen molar-refractivity contribution < 1.29 is 4.79 Å². The van der Waals surface area contributed by atoms with E-state index in [2.05, 4.69) is 19.9 Å². The number of nitrogens with zero attached hydrogens (tertiary/aromatic N) is 1. The zero-order valence-electron chi connectivity index (χ0n) is 12.4. The Morgan fingerprint density at radius 1 is 1.50 bits per heavy atom. The Balaban J connectivity index is 2.04. The van der Waals surface area contributed by atoms with Gasteiger partial charge in [0, 0.05) is 5.92 Å². The van der Waals surface area contributed by atoms with Crippen molar-refractivity contribution in [2.24, 2.45) is 11.8 Å². The van der Waals surface area contributed by atoms with Crippen LogP contribution in [-0.4, -0.2) is 6.29 Å². The molecule has 0 N–H and O–H groups in total. The molecule has 0 amide bonds. The number of carbonyl (C=O) groups excluding carboxylic acids is 1. The van der Waals surface area contributed by atoms with Crippen molar-refractivity contribution in [3.05, 3.63) is 34.9 Å². The van der Waals surface area contributed by atoms with Crippen LogP contribution in [0.25, 0.3) is 0 Å². The lowest BCUT2D eigenvalue weighted by molar-refractivity contribution is -0.109. The van der Waals surface area contributed by atoms with Crippen LogP contribution in [0.2, 0.25) is 0 Å². The first-order chi connectivity index (χ1) is 9.69. The van der Waals surface area contributed by atoms with Crippen LogP contribution < -0.4 is 0 Å². The normalized spacial score (nSPS) is 22.1. The SMILES string of the molecule is CCC(C)CCCC1Cc2ccc(C#N)cc2C1C=O. The van der Waals surface area contributed by atoms with Gasteiger partial charge in [-0.3, -0.25) is 0 Å². The lowest BCUT2D eigenvalue weighted by Crippen LogP contribution is -2.09. The molecule has 0 radical (unpaired) electrons. The second kappa shape index (κ2) is 6.70. The van der Waals surface area contributed by atoms with Crippen molar-refractivity contribution in [1.82, 2.24) is 0 Å². The minimum atomic E-state index is -0.00441. The summed E-state index contributed by atoms with van der Waals surface area (Å²) in [5.41, 5.74) is 3.01. The standard InChI is InChI=1S/C18H23NO/c1-3-13(2)5-4-6-15-10-16-8-7-14(11-19)9-17(16)18(15)12-20/h7-9,12-13,15,18H,3-6,10H2,1-2H3. The Labute approximate surface area is 121 Å². The Morgan fingerprint density at radius 3 is 2.95 bits per heavy atom. The summed E-state index contributed by atoms with van der Waals surface area (Å²) in [6, 6.07) is 7.96. The molecule has 1 aliphatic carbocycles. The molecule has 1 aromatic rings. The largest absolute Gasteiger partial charge is 0.303 e. The van der Waals surface area contributed by atoms with Crippen LogP contribution >= 0.6 is 0 Å². The van der Waals surface area contributed by atoms with E-state index in [1.165, 1.54) is 24.8 Å². The molecule has 0 spiro atoms. The van der Waals surface area contributed by atoms with Crippen molar-refractivity contribution in [2.45, 2.75) is 51.9 Å². The maximum Gasteiger partial charge on any atom is 0.127 e. The monoisotopic (exact) mass is 269 g/mol. The molecule has 1 aliphatic rings. The van der Waals surface area contributed by atoms with E-state index in [1.807, 2.05) is 18.2 Å². The van der Waals surface area contributed by atoms with Gasteiger partial charge >= 0.3 is 0 Å². The number of hydrogen-bond donors (Lipinski definition) is 0. The molecule has 2 rings (SSSR count). The van der Waals surface area contributed by atoms with Crippen LogP contribution in [0.3, 0.4) is 0 Å². The summed E-state index contributed by atoms with van der Waals surface area (Å²) in [7, 11) is 0. The molecule has 0 aromatic heterocycles. The van der Waals surface area contributed by atoms with Gasteiger partial charge in [-0.2, -0.15) is 5.26 Å². The highest BCUT2D eigenvalue weighted by atomic mass is 16.1. The minimum Gasteiger partial charge on any atom is -0.303 e. The predicted molar refractivity (Wildman–Crippen MR) is 80.5 cm³/mol. The summed E-state index contributed by atoms with van der Waals surface area (Å²) in [5.74, 6) is 1.20. The van der Waals surface area contributed by atoms with Crippen LogP contribution in [-0.2, 0) is 11.2 Å². The molecule has 0 saturated carbocycles. The zero-order chi connectivity index (χ0) is 14.5. The van der Waals surface area contributed by atoms with E-state index in [0.29, 0.717) is 11.5 Å². The van der Waals surface area contributed by atoms with Gasteiger partial charge in [0.15, 0.2) is 0 Å². The third-order valence-electron chi connectivity index (χ3n) is 4.74. The van der Waals surface area contributed by atoms with Gasteiger partial charge < -0.3 is 4.79 Å². The van der Waals surface area contributed by atoms with Crippen LogP contribution in [0.15, 0.2) is 18.2 Å². The fraction of sp³-hybridized carbons (Fsp3) is 0.556. The van der Waals surface area contributed by atoms with E-state index < -0.39 is 0 Å². The summed E-state index contributed by atoms with van der Waals surface area (Å²) in [6.07, 6.45) is 6.87. The predicted octanol–water partition coefficient (Wildman–Crippen LogP) is 4.23. The molecule has 2 heteroatoms. The summed E-state index contributed by atoms with van der Waals surface area (Å²) >= 11 is 0. The molecule has 0 heterocycles. The molecule has 3 atom stereocenters. The van der Waals surface area contributed by atoms with Crippen LogP contribution in [0.1, 0.15) is 62.1 Å². The highest BCUT2D eigenvalue weighted by molar-refractivity contribution is 5.66. The van der Waals surface area contributed by atoms with E-state index in [0.717, 1.165) is 30.6 Å². The highest BCUT2D eigenvalue weighted by Crippen LogP contribution is 2.40. The smallest absolute Gasteiger partial charge is 0.127 e. The topological polar surface area (TPSA) is 40.9 Å². The quantitative estimate of drug-likeness (QED) is 0.725. The number of carbonyl (C=O) groups is 1.